The van der Waals surface area contributed by atoms with Crippen molar-refractivity contribution in [1.82, 2.24) is 5.32 Å². The van der Waals surface area contributed by atoms with Crippen molar-refractivity contribution in [2.24, 2.45) is 11.3 Å². The molecule has 2 atom stereocenters. The smallest absolute Gasteiger partial charge is 0.0729 e. The van der Waals surface area contributed by atoms with Crippen molar-refractivity contribution in [2.75, 3.05) is 26.9 Å². The summed E-state index contributed by atoms with van der Waals surface area (Å²) in [5.74, 6) is 0.768. The Morgan fingerprint density at radius 2 is 1.71 bits per heavy atom. The Morgan fingerprint density at radius 3 is 2.38 bits per heavy atom. The fourth-order valence-corrected chi connectivity index (χ4v) is 5.27. The van der Waals surface area contributed by atoms with E-state index in [1.807, 2.05) is 0 Å². The summed E-state index contributed by atoms with van der Waals surface area (Å²) in [6, 6.07) is 0.654. The van der Waals surface area contributed by atoms with E-state index >= 15 is 0 Å². The van der Waals surface area contributed by atoms with Gasteiger partial charge in [0.15, 0.2) is 0 Å². The quantitative estimate of drug-likeness (QED) is 0.864. The zero-order valence-electron chi connectivity index (χ0n) is 14.0. The zero-order chi connectivity index (χ0) is 14.8. The lowest BCUT2D eigenvalue weighted by atomic mass is 9.64. The first-order valence-electron chi connectivity index (χ1n) is 9.07. The third kappa shape index (κ3) is 3.30. The van der Waals surface area contributed by atoms with Gasteiger partial charge >= 0.3 is 0 Å². The van der Waals surface area contributed by atoms with Crippen LogP contribution in [0.15, 0.2) is 0 Å². The van der Waals surface area contributed by atoms with Gasteiger partial charge in [-0.3, -0.25) is 0 Å². The van der Waals surface area contributed by atoms with Gasteiger partial charge in [-0.1, -0.05) is 26.2 Å². The van der Waals surface area contributed by atoms with Crippen molar-refractivity contribution in [2.45, 2.75) is 76.4 Å². The Kier molecular flexibility index (Phi) is 4.92. The summed E-state index contributed by atoms with van der Waals surface area (Å²) in [6.45, 7) is 5.24. The Hall–Kier alpha value is -0.120. The molecule has 1 spiro atoms. The molecule has 1 aliphatic carbocycles. The van der Waals surface area contributed by atoms with Crippen LogP contribution >= 0.6 is 0 Å². The zero-order valence-corrected chi connectivity index (χ0v) is 14.0. The van der Waals surface area contributed by atoms with Gasteiger partial charge in [0.2, 0.25) is 0 Å². The van der Waals surface area contributed by atoms with Gasteiger partial charge in [0.25, 0.3) is 0 Å². The van der Waals surface area contributed by atoms with E-state index in [1.54, 1.807) is 0 Å². The fraction of sp³-hybridized carbons (Fsp3) is 1.00. The molecule has 21 heavy (non-hydrogen) atoms. The normalized spacial score (nSPS) is 33.7. The van der Waals surface area contributed by atoms with E-state index in [0.717, 1.165) is 38.6 Å². The Morgan fingerprint density at radius 1 is 1.00 bits per heavy atom. The Bertz CT molecular complexity index is 327. The first-order chi connectivity index (χ1) is 10.2. The number of hydrogen-bond donors (Lipinski definition) is 1. The molecular formula is C18H33NO2. The molecule has 1 saturated carbocycles. The molecule has 1 N–H and O–H groups in total. The van der Waals surface area contributed by atoms with Gasteiger partial charge < -0.3 is 14.8 Å². The highest BCUT2D eigenvalue weighted by Gasteiger charge is 2.45. The molecule has 0 bridgehead atoms. The van der Waals surface area contributed by atoms with E-state index in [9.17, 15) is 0 Å². The molecule has 2 heterocycles. The van der Waals surface area contributed by atoms with Crippen molar-refractivity contribution in [3.8, 4) is 0 Å². The third-order valence-corrected chi connectivity index (χ3v) is 6.46. The van der Waals surface area contributed by atoms with Crippen molar-refractivity contribution in [3.63, 3.8) is 0 Å². The van der Waals surface area contributed by atoms with Crippen LogP contribution in [0, 0.1) is 11.3 Å². The summed E-state index contributed by atoms with van der Waals surface area (Å²) in [7, 11) is 2.18. The summed E-state index contributed by atoms with van der Waals surface area (Å²) in [5, 5.41) is 3.72. The van der Waals surface area contributed by atoms with Crippen LogP contribution in [-0.4, -0.2) is 38.5 Å². The predicted molar refractivity (Wildman–Crippen MR) is 85.5 cm³/mol. The number of nitrogens with one attached hydrogen (secondary N) is 1. The molecule has 0 aromatic rings. The van der Waals surface area contributed by atoms with Gasteiger partial charge in [0.05, 0.1) is 5.60 Å². The van der Waals surface area contributed by atoms with Gasteiger partial charge in [-0.05, 0) is 56.9 Å². The molecule has 0 aromatic carbocycles. The molecule has 2 unspecified atom stereocenters. The van der Waals surface area contributed by atoms with E-state index in [2.05, 4.69) is 19.3 Å². The molecular weight excluding hydrogens is 262 g/mol. The maximum absolute atomic E-state index is 6.24. The summed E-state index contributed by atoms with van der Waals surface area (Å²) < 4.78 is 11.8. The van der Waals surface area contributed by atoms with Crippen molar-refractivity contribution >= 4 is 0 Å². The van der Waals surface area contributed by atoms with Crippen molar-refractivity contribution < 1.29 is 9.47 Å². The van der Waals surface area contributed by atoms with Crippen LogP contribution in [0.2, 0.25) is 0 Å². The van der Waals surface area contributed by atoms with Gasteiger partial charge in [0, 0.05) is 25.9 Å². The maximum Gasteiger partial charge on any atom is 0.0729 e. The molecule has 122 valence electrons. The van der Waals surface area contributed by atoms with E-state index in [-0.39, 0.29) is 5.60 Å². The summed E-state index contributed by atoms with van der Waals surface area (Å²) >= 11 is 0. The average molecular weight is 295 g/mol. The average Bonchev–Trinajstić information content (AvgIpc) is 2.49. The van der Waals surface area contributed by atoms with Crippen molar-refractivity contribution in [3.05, 3.63) is 0 Å². The first kappa shape index (κ1) is 15.8. The van der Waals surface area contributed by atoms with E-state index in [0.29, 0.717) is 11.5 Å². The molecule has 0 amide bonds. The number of ether oxygens (including phenoxy) is 2. The second-order valence-corrected chi connectivity index (χ2v) is 7.88. The lowest BCUT2D eigenvalue weighted by Crippen LogP contribution is -2.54. The van der Waals surface area contributed by atoms with Gasteiger partial charge in [-0.25, -0.2) is 0 Å². The Labute approximate surface area is 130 Å². The minimum Gasteiger partial charge on any atom is -0.381 e. The molecule has 2 aliphatic heterocycles. The molecule has 3 heteroatoms. The molecule has 2 saturated heterocycles. The number of hydrogen-bond acceptors (Lipinski definition) is 3. The van der Waals surface area contributed by atoms with Crippen molar-refractivity contribution in [1.29, 1.82) is 0 Å². The maximum atomic E-state index is 6.24. The highest BCUT2D eigenvalue weighted by Crippen LogP contribution is 2.46. The third-order valence-electron chi connectivity index (χ3n) is 6.46. The minimum atomic E-state index is 0.126. The first-order valence-corrected chi connectivity index (χ1v) is 9.07. The molecule has 0 aromatic heterocycles. The van der Waals surface area contributed by atoms with Gasteiger partial charge in [-0.15, -0.1) is 0 Å². The lowest BCUT2D eigenvalue weighted by Gasteiger charge is -2.50. The van der Waals surface area contributed by atoms with Crippen LogP contribution in [0.5, 0.6) is 0 Å². The van der Waals surface area contributed by atoms with E-state index < -0.39 is 0 Å². The van der Waals surface area contributed by atoms with E-state index in [1.165, 1.54) is 44.9 Å². The monoisotopic (exact) mass is 295 g/mol. The van der Waals surface area contributed by atoms with Crippen LogP contribution in [0.1, 0.15) is 64.7 Å². The standard InChI is InChI=1S/C18H33NO2/c1-17(7-4-3-5-8-17)16(19-2)15-6-11-21-18(14-15)9-12-20-13-10-18/h15-16,19H,3-14H2,1-2H3. The highest BCUT2D eigenvalue weighted by atomic mass is 16.5. The highest BCUT2D eigenvalue weighted by molar-refractivity contribution is 4.98. The second kappa shape index (κ2) is 6.55. The lowest BCUT2D eigenvalue weighted by molar-refractivity contribution is -0.154. The van der Waals surface area contributed by atoms with Crippen LogP contribution in [0.25, 0.3) is 0 Å². The van der Waals surface area contributed by atoms with Crippen LogP contribution < -0.4 is 5.32 Å². The molecule has 0 radical (unpaired) electrons. The Balaban J connectivity index is 1.71. The van der Waals surface area contributed by atoms with Crippen LogP contribution in [0.3, 0.4) is 0 Å². The van der Waals surface area contributed by atoms with Crippen LogP contribution in [-0.2, 0) is 9.47 Å². The predicted octanol–water partition coefficient (Wildman–Crippen LogP) is 3.52. The second-order valence-electron chi connectivity index (χ2n) is 7.88. The van der Waals surface area contributed by atoms with Crippen LogP contribution in [0.4, 0.5) is 0 Å². The van der Waals surface area contributed by atoms with Gasteiger partial charge in [0.1, 0.15) is 0 Å². The molecule has 3 nitrogen and oxygen atoms in total. The van der Waals surface area contributed by atoms with E-state index in [4.69, 9.17) is 9.47 Å². The molecule has 3 aliphatic rings. The summed E-state index contributed by atoms with van der Waals surface area (Å²) in [4.78, 5) is 0. The molecule has 3 rings (SSSR count). The summed E-state index contributed by atoms with van der Waals surface area (Å²) in [5.41, 5.74) is 0.614. The molecule has 3 fully saturated rings. The topological polar surface area (TPSA) is 30.5 Å². The largest absolute Gasteiger partial charge is 0.381 e. The summed E-state index contributed by atoms with van der Waals surface area (Å²) in [6.07, 6.45) is 11.7. The number of rotatable bonds is 3. The SMILES string of the molecule is CNC(C1CCOC2(CCOCC2)C1)C1(C)CCCCC1. The fourth-order valence-electron chi connectivity index (χ4n) is 5.27. The van der Waals surface area contributed by atoms with Gasteiger partial charge in [-0.2, -0.15) is 0 Å². The minimum absolute atomic E-state index is 0.126.